The van der Waals surface area contributed by atoms with E-state index in [1.54, 1.807) is 24.3 Å². The maximum atomic E-state index is 13.6. The molecule has 2 rings (SSSR count). The average Bonchev–Trinajstić information content (AvgIpc) is 2.33. The number of carbonyl (C=O) groups excluding carboxylic acids is 1. The van der Waals surface area contributed by atoms with E-state index in [1.165, 1.54) is 12.1 Å². The summed E-state index contributed by atoms with van der Waals surface area (Å²) < 4.78 is 14.0. The highest BCUT2D eigenvalue weighted by Crippen LogP contribution is 2.22. The number of nitrogens with one attached hydrogen (secondary N) is 1. The summed E-state index contributed by atoms with van der Waals surface area (Å²) in [6.07, 6.45) is 0. The highest BCUT2D eigenvalue weighted by Gasteiger charge is 2.15. The van der Waals surface area contributed by atoms with E-state index < -0.39 is 11.7 Å². The van der Waals surface area contributed by atoms with Crippen molar-refractivity contribution < 1.29 is 9.18 Å². The first-order chi connectivity index (χ1) is 8.99. The molecule has 3 N–H and O–H groups in total. The van der Waals surface area contributed by atoms with Crippen molar-refractivity contribution in [2.75, 3.05) is 11.1 Å². The molecule has 0 radical (unpaired) electrons. The van der Waals surface area contributed by atoms with E-state index in [9.17, 15) is 9.18 Å². The fourth-order valence-electron chi connectivity index (χ4n) is 1.63. The molecule has 3 nitrogen and oxygen atoms in total. The fraction of sp³-hybridized carbons (Fsp3) is 0.0714. The highest BCUT2D eigenvalue weighted by molar-refractivity contribution is 9.10. The van der Waals surface area contributed by atoms with Crippen LogP contribution in [0.1, 0.15) is 15.9 Å². The van der Waals surface area contributed by atoms with Crippen LogP contribution in [0.3, 0.4) is 0 Å². The molecule has 2 aromatic rings. The number of aryl methyl sites for hydroxylation is 1. The van der Waals surface area contributed by atoms with Crippen LogP contribution in [0.4, 0.5) is 15.8 Å². The van der Waals surface area contributed by atoms with Crippen molar-refractivity contribution in [3.63, 3.8) is 0 Å². The maximum Gasteiger partial charge on any atom is 0.259 e. The summed E-state index contributed by atoms with van der Waals surface area (Å²) in [7, 11) is 0. The van der Waals surface area contributed by atoms with E-state index in [2.05, 4.69) is 21.2 Å². The Kier molecular flexibility index (Phi) is 3.85. The number of amides is 1. The Morgan fingerprint density at radius 2 is 2.05 bits per heavy atom. The number of hydrogen-bond donors (Lipinski definition) is 2. The van der Waals surface area contributed by atoms with Gasteiger partial charge in [0.1, 0.15) is 5.82 Å². The summed E-state index contributed by atoms with van der Waals surface area (Å²) in [4.78, 5) is 12.0. The molecule has 0 aliphatic heterocycles. The normalized spacial score (nSPS) is 10.3. The van der Waals surface area contributed by atoms with Gasteiger partial charge in [0.05, 0.1) is 5.56 Å². The van der Waals surface area contributed by atoms with Gasteiger partial charge in [0.15, 0.2) is 0 Å². The molecule has 0 atom stereocenters. The van der Waals surface area contributed by atoms with E-state index in [-0.39, 0.29) is 5.56 Å². The number of nitrogen functional groups attached to an aromatic ring is 1. The number of anilines is 2. The number of carbonyl (C=O) groups is 1. The standard InChI is InChI=1S/C14H12BrFN2O/c1-8-5-6-9(7-12(8)17)18-14(19)13-10(15)3-2-4-11(13)16/h2-7H,17H2,1H3,(H,18,19). The van der Waals surface area contributed by atoms with Gasteiger partial charge in [-0.15, -0.1) is 0 Å². The van der Waals surface area contributed by atoms with Crippen LogP contribution in [-0.4, -0.2) is 5.91 Å². The monoisotopic (exact) mass is 322 g/mol. The Labute approximate surface area is 118 Å². The fourth-order valence-corrected chi connectivity index (χ4v) is 2.15. The summed E-state index contributed by atoms with van der Waals surface area (Å²) in [5.41, 5.74) is 7.76. The molecule has 0 aliphatic rings. The average molecular weight is 323 g/mol. The number of hydrogen-bond acceptors (Lipinski definition) is 2. The second-order valence-electron chi connectivity index (χ2n) is 4.12. The molecule has 0 aliphatic carbocycles. The molecule has 0 spiro atoms. The lowest BCUT2D eigenvalue weighted by Crippen LogP contribution is -2.14. The van der Waals surface area contributed by atoms with E-state index in [0.717, 1.165) is 5.56 Å². The number of rotatable bonds is 2. The van der Waals surface area contributed by atoms with E-state index in [0.29, 0.717) is 15.8 Å². The van der Waals surface area contributed by atoms with Crippen LogP contribution in [0.25, 0.3) is 0 Å². The van der Waals surface area contributed by atoms with Crippen molar-refractivity contribution in [3.05, 3.63) is 57.8 Å². The molecule has 0 bridgehead atoms. The number of halogens is 2. The molecule has 0 heterocycles. The van der Waals surface area contributed by atoms with Gasteiger partial charge < -0.3 is 11.1 Å². The van der Waals surface area contributed by atoms with Gasteiger partial charge in [0.2, 0.25) is 0 Å². The van der Waals surface area contributed by atoms with Crippen LogP contribution >= 0.6 is 15.9 Å². The molecule has 0 aromatic heterocycles. The Balaban J connectivity index is 2.28. The molecule has 0 unspecified atom stereocenters. The third-order valence-electron chi connectivity index (χ3n) is 2.73. The van der Waals surface area contributed by atoms with Gasteiger partial charge in [-0.25, -0.2) is 4.39 Å². The minimum Gasteiger partial charge on any atom is -0.398 e. The largest absolute Gasteiger partial charge is 0.398 e. The zero-order valence-corrected chi connectivity index (χ0v) is 11.8. The van der Waals surface area contributed by atoms with Crippen molar-refractivity contribution in [2.45, 2.75) is 6.92 Å². The van der Waals surface area contributed by atoms with Gasteiger partial charge in [-0.3, -0.25) is 4.79 Å². The molecule has 98 valence electrons. The molecule has 0 saturated carbocycles. The molecular formula is C14H12BrFN2O. The maximum absolute atomic E-state index is 13.6. The molecule has 5 heteroatoms. The van der Waals surface area contributed by atoms with Gasteiger partial charge in [0.25, 0.3) is 5.91 Å². The Bertz CT molecular complexity index is 623. The molecule has 1 amide bonds. The Hall–Kier alpha value is -1.88. The highest BCUT2D eigenvalue weighted by atomic mass is 79.9. The van der Waals surface area contributed by atoms with Crippen molar-refractivity contribution in [1.29, 1.82) is 0 Å². The lowest BCUT2D eigenvalue weighted by Gasteiger charge is -2.09. The van der Waals surface area contributed by atoms with E-state index >= 15 is 0 Å². The van der Waals surface area contributed by atoms with Crippen LogP contribution in [0.15, 0.2) is 40.9 Å². The summed E-state index contributed by atoms with van der Waals surface area (Å²) >= 11 is 3.16. The van der Waals surface area contributed by atoms with Crippen LogP contribution < -0.4 is 11.1 Å². The minimum atomic E-state index is -0.577. The number of nitrogens with two attached hydrogens (primary N) is 1. The zero-order valence-electron chi connectivity index (χ0n) is 10.2. The SMILES string of the molecule is Cc1ccc(NC(=O)c2c(F)cccc2Br)cc1N. The summed E-state index contributed by atoms with van der Waals surface area (Å²) in [6, 6.07) is 9.53. The van der Waals surface area contributed by atoms with E-state index in [1.807, 2.05) is 6.92 Å². The van der Waals surface area contributed by atoms with Crippen molar-refractivity contribution >= 4 is 33.2 Å². The van der Waals surface area contributed by atoms with Crippen molar-refractivity contribution in [3.8, 4) is 0 Å². The van der Waals surface area contributed by atoms with Crippen molar-refractivity contribution in [2.24, 2.45) is 0 Å². The van der Waals surface area contributed by atoms with Gasteiger partial charge >= 0.3 is 0 Å². The van der Waals surface area contributed by atoms with Crippen molar-refractivity contribution in [1.82, 2.24) is 0 Å². The lowest BCUT2D eigenvalue weighted by molar-refractivity contribution is 0.102. The second-order valence-corrected chi connectivity index (χ2v) is 4.98. The van der Waals surface area contributed by atoms with Gasteiger partial charge in [-0.2, -0.15) is 0 Å². The summed E-state index contributed by atoms with van der Waals surface area (Å²) in [6.45, 7) is 1.87. The predicted octanol–water partition coefficient (Wildman–Crippen LogP) is 3.73. The van der Waals surface area contributed by atoms with Gasteiger partial charge in [-0.1, -0.05) is 12.1 Å². The summed E-state index contributed by atoms with van der Waals surface area (Å²) in [5.74, 6) is -1.10. The Morgan fingerprint density at radius 1 is 1.32 bits per heavy atom. The molecule has 19 heavy (non-hydrogen) atoms. The van der Waals surface area contributed by atoms with Crippen LogP contribution in [0, 0.1) is 12.7 Å². The predicted molar refractivity (Wildman–Crippen MR) is 77.6 cm³/mol. The first-order valence-electron chi connectivity index (χ1n) is 5.60. The third-order valence-corrected chi connectivity index (χ3v) is 3.39. The summed E-state index contributed by atoms with van der Waals surface area (Å²) in [5, 5.41) is 2.62. The third kappa shape index (κ3) is 2.93. The molecule has 2 aromatic carbocycles. The second kappa shape index (κ2) is 5.40. The Morgan fingerprint density at radius 3 is 2.68 bits per heavy atom. The topological polar surface area (TPSA) is 55.1 Å². The van der Waals surface area contributed by atoms with Gasteiger partial charge in [-0.05, 0) is 52.7 Å². The first kappa shape index (κ1) is 13.5. The van der Waals surface area contributed by atoms with E-state index in [4.69, 9.17) is 5.73 Å². The zero-order chi connectivity index (χ0) is 14.0. The minimum absolute atomic E-state index is 0.0263. The molecule has 0 fully saturated rings. The molecular weight excluding hydrogens is 311 g/mol. The van der Waals surface area contributed by atoms with Gasteiger partial charge in [0, 0.05) is 15.8 Å². The number of benzene rings is 2. The lowest BCUT2D eigenvalue weighted by atomic mass is 10.1. The quantitative estimate of drug-likeness (QED) is 0.828. The molecule has 0 saturated heterocycles. The first-order valence-corrected chi connectivity index (χ1v) is 6.40. The van der Waals surface area contributed by atoms with Crippen LogP contribution in [-0.2, 0) is 0 Å². The smallest absolute Gasteiger partial charge is 0.259 e. The van der Waals surface area contributed by atoms with Crippen LogP contribution in [0.5, 0.6) is 0 Å². The van der Waals surface area contributed by atoms with Crippen LogP contribution in [0.2, 0.25) is 0 Å².